The Morgan fingerprint density at radius 3 is 2.14 bits per heavy atom. The number of amides is 2. The number of hydrogen-bond acceptors (Lipinski definition) is 6. The summed E-state index contributed by atoms with van der Waals surface area (Å²) in [7, 11) is 0. The third-order valence-corrected chi connectivity index (χ3v) is 7.49. The molecule has 0 saturated carbocycles. The summed E-state index contributed by atoms with van der Waals surface area (Å²) < 4.78 is 11.0. The van der Waals surface area contributed by atoms with Crippen molar-refractivity contribution in [2.45, 2.75) is 50.2 Å². The number of carboxylic acids is 1. The van der Waals surface area contributed by atoms with Crippen LogP contribution in [-0.4, -0.2) is 62.7 Å². The molecule has 0 bridgehead atoms. The van der Waals surface area contributed by atoms with Crippen molar-refractivity contribution in [1.82, 2.24) is 10.2 Å². The second kappa shape index (κ2) is 11.2. The molecule has 8 nitrogen and oxygen atoms in total. The van der Waals surface area contributed by atoms with Crippen LogP contribution in [-0.2, 0) is 14.4 Å². The summed E-state index contributed by atoms with van der Waals surface area (Å²) >= 11 is 13.2. The number of carboxylic acid groups (broad SMARTS) is 1. The molecular weight excluding hydrogens is 527 g/mol. The lowest BCUT2D eigenvalue weighted by molar-refractivity contribution is -0.153. The number of thioether (sulfide) groups is 1. The van der Waals surface area contributed by atoms with Crippen LogP contribution in [0.4, 0.5) is 0 Å². The summed E-state index contributed by atoms with van der Waals surface area (Å²) in [5, 5.41) is 13.5. The van der Waals surface area contributed by atoms with Gasteiger partial charge < -0.3 is 24.8 Å². The molecule has 2 atom stereocenters. The lowest BCUT2D eigenvalue weighted by Gasteiger charge is -2.31. The highest BCUT2D eigenvalue weighted by Crippen LogP contribution is 2.39. The van der Waals surface area contributed by atoms with E-state index in [2.05, 4.69) is 5.32 Å². The van der Waals surface area contributed by atoms with Crippen molar-refractivity contribution in [1.29, 1.82) is 0 Å². The third kappa shape index (κ3) is 6.78. The first-order valence-electron chi connectivity index (χ1n) is 11.1. The molecule has 0 radical (unpaired) electrons. The molecule has 0 aromatic heterocycles. The Labute approximate surface area is 224 Å². The number of halogens is 2. The minimum Gasteiger partial charge on any atom is -0.480 e. The van der Waals surface area contributed by atoms with Gasteiger partial charge in [0.05, 0.1) is 12.4 Å². The summed E-state index contributed by atoms with van der Waals surface area (Å²) in [4.78, 5) is 39.8. The number of rotatable bonds is 9. The van der Waals surface area contributed by atoms with Gasteiger partial charge in [0.2, 0.25) is 0 Å². The van der Waals surface area contributed by atoms with Crippen LogP contribution in [0.2, 0.25) is 10.0 Å². The van der Waals surface area contributed by atoms with Crippen LogP contribution < -0.4 is 14.8 Å². The number of benzene rings is 2. The van der Waals surface area contributed by atoms with Crippen molar-refractivity contribution in [3.8, 4) is 11.5 Å². The Bertz CT molecular complexity index is 1110. The van der Waals surface area contributed by atoms with Gasteiger partial charge in [-0.2, -0.15) is 0 Å². The fourth-order valence-electron chi connectivity index (χ4n) is 3.67. The van der Waals surface area contributed by atoms with E-state index < -0.39 is 40.3 Å². The predicted octanol–water partition coefficient (Wildman–Crippen LogP) is 4.48. The zero-order valence-corrected chi connectivity index (χ0v) is 22.6. The Kier molecular flexibility index (Phi) is 8.69. The van der Waals surface area contributed by atoms with E-state index in [0.717, 1.165) is 0 Å². The normalized spacial score (nSPS) is 17.8. The standard InChI is InChI=1S/C25H28Cl2N2O6S/c1-24(2,35-18-11-7-16(27)8-12-18)23(33)28-13-19(34-17-9-5-15(26)6-10-17)21(30)29-14-36-25(3,4)20(29)22(31)32/h5-12,19-20H,13-14H2,1-4H3,(H,28,33)(H,31,32). The van der Waals surface area contributed by atoms with Crippen molar-refractivity contribution < 1.29 is 29.0 Å². The number of hydrogen-bond donors (Lipinski definition) is 2. The topological polar surface area (TPSA) is 105 Å². The van der Waals surface area contributed by atoms with E-state index in [-0.39, 0.29) is 12.4 Å². The number of aliphatic carboxylic acids is 1. The molecule has 2 amide bonds. The fourth-order valence-corrected chi connectivity index (χ4v) is 5.06. The largest absolute Gasteiger partial charge is 0.480 e. The molecule has 1 aliphatic heterocycles. The molecule has 1 aliphatic rings. The minimum absolute atomic E-state index is 0.183. The van der Waals surface area contributed by atoms with Crippen molar-refractivity contribution in [3.63, 3.8) is 0 Å². The average Bonchev–Trinajstić information content (AvgIpc) is 3.13. The van der Waals surface area contributed by atoms with Gasteiger partial charge in [0.1, 0.15) is 17.5 Å². The van der Waals surface area contributed by atoms with E-state index in [1.807, 2.05) is 0 Å². The Morgan fingerprint density at radius 1 is 1.08 bits per heavy atom. The van der Waals surface area contributed by atoms with E-state index >= 15 is 0 Å². The second-order valence-corrected chi connectivity index (χ2v) is 11.7. The monoisotopic (exact) mass is 554 g/mol. The summed E-state index contributed by atoms with van der Waals surface area (Å²) in [6.07, 6.45) is -1.18. The SMILES string of the molecule is CC(C)(Oc1ccc(Cl)cc1)C(=O)NCC(Oc1ccc(Cl)cc1)C(=O)N1CSC(C)(C)C1C(=O)O. The average molecular weight is 555 g/mol. The highest BCUT2D eigenvalue weighted by molar-refractivity contribution is 8.00. The van der Waals surface area contributed by atoms with Crippen LogP contribution in [0.5, 0.6) is 11.5 Å². The molecule has 194 valence electrons. The molecule has 1 heterocycles. The molecule has 2 unspecified atom stereocenters. The van der Waals surface area contributed by atoms with Crippen LogP contribution in [0.3, 0.4) is 0 Å². The van der Waals surface area contributed by atoms with Gasteiger partial charge in [-0.15, -0.1) is 11.8 Å². The molecule has 1 saturated heterocycles. The number of carbonyl (C=O) groups is 3. The zero-order valence-electron chi connectivity index (χ0n) is 20.3. The van der Waals surface area contributed by atoms with Crippen molar-refractivity contribution in [2.75, 3.05) is 12.4 Å². The summed E-state index contributed by atoms with van der Waals surface area (Å²) in [5.41, 5.74) is -1.28. The minimum atomic E-state index is -1.28. The molecule has 36 heavy (non-hydrogen) atoms. The first-order valence-corrected chi connectivity index (χ1v) is 12.9. The van der Waals surface area contributed by atoms with E-state index in [1.54, 1.807) is 76.2 Å². The van der Waals surface area contributed by atoms with Crippen LogP contribution >= 0.6 is 35.0 Å². The lowest BCUT2D eigenvalue weighted by atomic mass is 10.0. The van der Waals surface area contributed by atoms with E-state index in [4.69, 9.17) is 32.7 Å². The summed E-state index contributed by atoms with van der Waals surface area (Å²) in [5.74, 6) is -1.16. The summed E-state index contributed by atoms with van der Waals surface area (Å²) in [6.45, 7) is 6.53. The van der Waals surface area contributed by atoms with Crippen LogP contribution in [0.15, 0.2) is 48.5 Å². The Hall–Kier alpha value is -2.62. The van der Waals surface area contributed by atoms with Gasteiger partial charge in [-0.3, -0.25) is 9.59 Å². The number of carbonyl (C=O) groups excluding carboxylic acids is 2. The van der Waals surface area contributed by atoms with Crippen LogP contribution in [0, 0.1) is 0 Å². The van der Waals surface area contributed by atoms with Crippen molar-refractivity contribution in [2.24, 2.45) is 0 Å². The smallest absolute Gasteiger partial charge is 0.327 e. The molecule has 2 aromatic rings. The van der Waals surface area contributed by atoms with Gasteiger partial charge in [-0.25, -0.2) is 4.79 Å². The van der Waals surface area contributed by atoms with Gasteiger partial charge in [0.25, 0.3) is 11.8 Å². The number of ether oxygens (including phenoxy) is 2. The van der Waals surface area contributed by atoms with E-state index in [0.29, 0.717) is 21.5 Å². The number of nitrogens with zero attached hydrogens (tertiary/aromatic N) is 1. The maximum absolute atomic E-state index is 13.5. The number of nitrogens with one attached hydrogen (secondary N) is 1. The maximum Gasteiger partial charge on any atom is 0.327 e. The van der Waals surface area contributed by atoms with Gasteiger partial charge in [-0.05, 0) is 76.2 Å². The van der Waals surface area contributed by atoms with E-state index in [1.165, 1.54) is 16.7 Å². The van der Waals surface area contributed by atoms with Crippen LogP contribution in [0.1, 0.15) is 27.7 Å². The van der Waals surface area contributed by atoms with Gasteiger partial charge in [0.15, 0.2) is 11.7 Å². The Morgan fingerprint density at radius 2 is 1.61 bits per heavy atom. The molecule has 11 heteroatoms. The van der Waals surface area contributed by atoms with Crippen molar-refractivity contribution in [3.05, 3.63) is 58.6 Å². The second-order valence-electron chi connectivity index (χ2n) is 9.26. The first-order chi connectivity index (χ1) is 16.8. The van der Waals surface area contributed by atoms with Crippen molar-refractivity contribution >= 4 is 52.7 Å². The quantitative estimate of drug-likeness (QED) is 0.470. The highest BCUT2D eigenvalue weighted by Gasteiger charge is 2.49. The summed E-state index contributed by atoms with van der Waals surface area (Å²) in [6, 6.07) is 11.9. The molecule has 2 N–H and O–H groups in total. The molecular formula is C25H28Cl2N2O6S. The van der Waals surface area contributed by atoms with E-state index in [9.17, 15) is 19.5 Å². The van der Waals surface area contributed by atoms with Gasteiger partial charge >= 0.3 is 5.97 Å². The fraction of sp³-hybridized carbons (Fsp3) is 0.400. The molecule has 3 rings (SSSR count). The predicted molar refractivity (Wildman–Crippen MR) is 140 cm³/mol. The van der Waals surface area contributed by atoms with Gasteiger partial charge in [0, 0.05) is 14.8 Å². The van der Waals surface area contributed by atoms with Crippen LogP contribution in [0.25, 0.3) is 0 Å². The third-order valence-electron chi connectivity index (χ3n) is 5.61. The highest BCUT2D eigenvalue weighted by atomic mass is 35.5. The molecule has 0 aliphatic carbocycles. The lowest BCUT2D eigenvalue weighted by Crippen LogP contribution is -2.56. The first kappa shape index (κ1) is 28.0. The molecule has 0 spiro atoms. The Balaban J connectivity index is 1.77. The molecule has 2 aromatic carbocycles. The zero-order chi connectivity index (χ0) is 26.7. The maximum atomic E-state index is 13.5. The van der Waals surface area contributed by atoms with Gasteiger partial charge in [-0.1, -0.05) is 23.2 Å². The molecule has 1 fully saturated rings.